The van der Waals surface area contributed by atoms with Gasteiger partial charge in [-0.25, -0.2) is 4.98 Å². The SMILES string of the molecule is C=C/C(=C\C(=C/C)c1ccc(N)c(C(=C)c2nc3c(-c4ccsc4)cncc3[nH]2)c1)NC(=C)Cc1ccccc1.CC. The first-order chi connectivity index (χ1) is 20.5. The van der Waals surface area contributed by atoms with Gasteiger partial charge in [0.05, 0.1) is 17.2 Å². The average molecular weight is 572 g/mol. The van der Waals surface area contributed by atoms with Gasteiger partial charge in [-0.3, -0.25) is 4.98 Å². The average Bonchev–Trinajstić information content (AvgIpc) is 3.71. The van der Waals surface area contributed by atoms with Crippen LogP contribution in [0.4, 0.5) is 5.69 Å². The van der Waals surface area contributed by atoms with Crippen LogP contribution in [-0.4, -0.2) is 15.0 Å². The molecule has 3 aromatic heterocycles. The number of nitrogens with one attached hydrogen (secondary N) is 2. The topological polar surface area (TPSA) is 79.6 Å². The fourth-order valence-electron chi connectivity index (χ4n) is 4.57. The predicted octanol–water partition coefficient (Wildman–Crippen LogP) is 9.18. The van der Waals surface area contributed by atoms with Gasteiger partial charge in [0.1, 0.15) is 5.82 Å². The molecule has 0 atom stereocenters. The van der Waals surface area contributed by atoms with E-state index in [0.717, 1.165) is 56.7 Å². The zero-order valence-corrected chi connectivity index (χ0v) is 25.3. The Kier molecular flexibility index (Phi) is 10.1. The molecule has 5 aromatic rings. The molecule has 212 valence electrons. The molecule has 4 N–H and O–H groups in total. The summed E-state index contributed by atoms with van der Waals surface area (Å²) in [5.41, 5.74) is 17.3. The Morgan fingerprint density at radius 2 is 1.86 bits per heavy atom. The highest BCUT2D eigenvalue weighted by Gasteiger charge is 2.15. The molecule has 5 nitrogen and oxygen atoms in total. The van der Waals surface area contributed by atoms with Crippen LogP contribution in [0.5, 0.6) is 0 Å². The van der Waals surface area contributed by atoms with Gasteiger partial charge in [0.2, 0.25) is 0 Å². The van der Waals surface area contributed by atoms with Crippen molar-refractivity contribution in [3.63, 3.8) is 0 Å². The number of nitrogens with two attached hydrogens (primary N) is 1. The number of aromatic nitrogens is 3. The minimum atomic E-state index is 0.628. The van der Waals surface area contributed by atoms with E-state index in [0.29, 0.717) is 17.1 Å². The van der Waals surface area contributed by atoms with E-state index in [-0.39, 0.29) is 0 Å². The molecule has 0 aliphatic heterocycles. The van der Waals surface area contributed by atoms with Crippen LogP contribution in [0.2, 0.25) is 0 Å². The summed E-state index contributed by atoms with van der Waals surface area (Å²) in [5, 5.41) is 7.54. The second-order valence-electron chi connectivity index (χ2n) is 9.40. The quantitative estimate of drug-likeness (QED) is 0.115. The van der Waals surface area contributed by atoms with Gasteiger partial charge < -0.3 is 16.0 Å². The maximum absolute atomic E-state index is 6.45. The number of hydrogen-bond donors (Lipinski definition) is 3. The normalized spacial score (nSPS) is 11.5. The van der Waals surface area contributed by atoms with E-state index in [1.165, 1.54) is 5.56 Å². The first-order valence-electron chi connectivity index (χ1n) is 13.9. The molecule has 0 radical (unpaired) electrons. The van der Waals surface area contributed by atoms with E-state index in [9.17, 15) is 0 Å². The molecule has 0 bridgehead atoms. The molecule has 5 rings (SSSR count). The summed E-state index contributed by atoms with van der Waals surface area (Å²) < 4.78 is 0. The molecule has 0 unspecified atom stereocenters. The maximum atomic E-state index is 6.45. The molecular weight excluding hydrogens is 534 g/mol. The molecule has 3 heterocycles. The van der Waals surface area contributed by atoms with Gasteiger partial charge in [0.25, 0.3) is 0 Å². The van der Waals surface area contributed by atoms with E-state index < -0.39 is 0 Å². The molecule has 0 saturated heterocycles. The smallest absolute Gasteiger partial charge is 0.138 e. The number of hydrogen-bond acceptors (Lipinski definition) is 5. The lowest BCUT2D eigenvalue weighted by Gasteiger charge is -2.14. The lowest BCUT2D eigenvalue weighted by molar-refractivity contribution is 0.942. The van der Waals surface area contributed by atoms with E-state index in [2.05, 4.69) is 70.8 Å². The zero-order chi connectivity index (χ0) is 30.1. The Morgan fingerprint density at radius 3 is 2.55 bits per heavy atom. The highest BCUT2D eigenvalue weighted by atomic mass is 32.1. The lowest BCUT2D eigenvalue weighted by atomic mass is 9.97. The highest BCUT2D eigenvalue weighted by molar-refractivity contribution is 7.08. The lowest BCUT2D eigenvalue weighted by Crippen LogP contribution is -2.12. The number of rotatable bonds is 10. The summed E-state index contributed by atoms with van der Waals surface area (Å²) in [5.74, 6) is 0.659. The van der Waals surface area contributed by atoms with Gasteiger partial charge in [-0.05, 0) is 70.3 Å². The van der Waals surface area contributed by atoms with Crippen LogP contribution in [0.25, 0.3) is 33.3 Å². The Hall–Kier alpha value is -4.94. The van der Waals surface area contributed by atoms with E-state index in [4.69, 9.17) is 10.7 Å². The predicted molar refractivity (Wildman–Crippen MR) is 182 cm³/mol. The number of anilines is 1. The van der Waals surface area contributed by atoms with Gasteiger partial charge >= 0.3 is 0 Å². The minimum Gasteiger partial charge on any atom is -0.398 e. The van der Waals surface area contributed by atoms with Gasteiger partial charge in [-0.15, -0.1) is 0 Å². The monoisotopic (exact) mass is 571 g/mol. The third-order valence-corrected chi connectivity index (χ3v) is 7.33. The Bertz CT molecular complexity index is 1760. The van der Waals surface area contributed by atoms with Crippen LogP contribution in [-0.2, 0) is 6.42 Å². The summed E-state index contributed by atoms with van der Waals surface area (Å²) in [6.07, 6.45) is 10.3. The van der Waals surface area contributed by atoms with Crippen LogP contribution in [0, 0.1) is 0 Å². The number of thiophene rings is 1. The number of nitrogens with zero attached hydrogens (tertiary/aromatic N) is 2. The third-order valence-electron chi connectivity index (χ3n) is 6.65. The second kappa shape index (κ2) is 14.1. The number of imidazole rings is 1. The van der Waals surface area contributed by atoms with Crippen molar-refractivity contribution in [3.8, 4) is 11.1 Å². The number of allylic oxidation sites excluding steroid dienone is 5. The third kappa shape index (κ3) is 6.85. The summed E-state index contributed by atoms with van der Waals surface area (Å²) in [7, 11) is 0. The van der Waals surface area contributed by atoms with Crippen LogP contribution in [0.15, 0.2) is 127 Å². The van der Waals surface area contributed by atoms with Crippen molar-refractivity contribution in [1.29, 1.82) is 0 Å². The molecule has 0 aliphatic rings. The van der Waals surface area contributed by atoms with Crippen molar-refractivity contribution in [2.75, 3.05) is 5.73 Å². The van der Waals surface area contributed by atoms with Gasteiger partial charge in [0, 0.05) is 46.4 Å². The second-order valence-corrected chi connectivity index (χ2v) is 10.2. The summed E-state index contributed by atoms with van der Waals surface area (Å²) in [6.45, 7) is 18.6. The summed E-state index contributed by atoms with van der Waals surface area (Å²) >= 11 is 1.64. The van der Waals surface area contributed by atoms with Crippen LogP contribution >= 0.6 is 11.3 Å². The van der Waals surface area contributed by atoms with Crippen LogP contribution in [0.1, 0.15) is 43.3 Å². The van der Waals surface area contributed by atoms with E-state index in [1.54, 1.807) is 23.6 Å². The number of nitrogen functional groups attached to an aromatic ring is 1. The Morgan fingerprint density at radius 1 is 1.07 bits per heavy atom. The number of H-pyrrole nitrogens is 1. The van der Waals surface area contributed by atoms with Crippen molar-refractivity contribution in [3.05, 3.63) is 150 Å². The zero-order valence-electron chi connectivity index (χ0n) is 24.4. The first-order valence-corrected chi connectivity index (χ1v) is 14.9. The van der Waals surface area contributed by atoms with Crippen molar-refractivity contribution in [1.82, 2.24) is 20.3 Å². The van der Waals surface area contributed by atoms with E-state index >= 15 is 0 Å². The van der Waals surface area contributed by atoms with E-state index in [1.807, 2.05) is 68.7 Å². The fraction of sp³-hybridized carbons (Fsp3) is 0.111. The van der Waals surface area contributed by atoms with Crippen LogP contribution in [0.3, 0.4) is 0 Å². The first kappa shape index (κ1) is 30.0. The number of fused-ring (bicyclic) bond motifs is 1. The molecule has 0 saturated carbocycles. The fourth-order valence-corrected chi connectivity index (χ4v) is 5.22. The number of aromatic amines is 1. The molecular formula is C36H37N5S. The molecule has 0 spiro atoms. The maximum Gasteiger partial charge on any atom is 0.138 e. The minimum absolute atomic E-state index is 0.628. The Labute approximate surface area is 252 Å². The summed E-state index contributed by atoms with van der Waals surface area (Å²) in [4.78, 5) is 12.7. The molecule has 0 amide bonds. The van der Waals surface area contributed by atoms with Crippen molar-refractivity contribution < 1.29 is 0 Å². The largest absolute Gasteiger partial charge is 0.398 e. The van der Waals surface area contributed by atoms with Crippen LogP contribution < -0.4 is 11.1 Å². The number of benzene rings is 2. The summed E-state index contributed by atoms with van der Waals surface area (Å²) in [6, 6.07) is 18.3. The molecule has 6 heteroatoms. The van der Waals surface area contributed by atoms with Gasteiger partial charge in [-0.2, -0.15) is 11.3 Å². The standard InChI is InChI=1S/C34H31N5S.C2H6/c1-5-25(17-28(6-2)37-22(3)16-24-10-8-7-9-11-24)26-12-13-31(35)29(18-26)23(4)34-38-32-20-36-19-30(33(32)39-34)27-14-15-40-21-27;1-2/h5-15,17-21,37H,2-4,16,35H2,1H3,(H,38,39);1-2H3/b25-5+,28-17+;. The van der Waals surface area contributed by atoms with Crippen molar-refractivity contribution in [2.24, 2.45) is 0 Å². The molecule has 0 aliphatic carbocycles. The highest BCUT2D eigenvalue weighted by Crippen LogP contribution is 2.33. The molecule has 0 fully saturated rings. The van der Waals surface area contributed by atoms with Gasteiger partial charge in [0.15, 0.2) is 0 Å². The number of pyridine rings is 1. The molecule has 2 aromatic carbocycles. The van der Waals surface area contributed by atoms with Crippen molar-refractivity contribution in [2.45, 2.75) is 27.2 Å². The molecule has 42 heavy (non-hydrogen) atoms. The Balaban J connectivity index is 0.00000198. The van der Waals surface area contributed by atoms with Gasteiger partial charge in [-0.1, -0.05) is 76.1 Å². The van der Waals surface area contributed by atoms with Crippen molar-refractivity contribution >= 4 is 39.2 Å².